The van der Waals surface area contributed by atoms with Crippen LogP contribution in [-0.4, -0.2) is 59.5 Å². The third kappa shape index (κ3) is 4.35. The van der Waals surface area contributed by atoms with Crippen LogP contribution in [-0.2, 0) is 14.4 Å². The molecule has 3 rings (SSSR count). The van der Waals surface area contributed by atoms with Crippen molar-refractivity contribution in [3.05, 3.63) is 29.3 Å². The van der Waals surface area contributed by atoms with Gasteiger partial charge in [-0.05, 0) is 62.9 Å². The van der Waals surface area contributed by atoms with Crippen molar-refractivity contribution in [2.75, 3.05) is 24.5 Å². The molecule has 28 heavy (non-hydrogen) atoms. The van der Waals surface area contributed by atoms with E-state index in [4.69, 9.17) is 5.11 Å². The molecular formula is C21H29N3O4. The summed E-state index contributed by atoms with van der Waals surface area (Å²) in [6.07, 6.45) is 1.98. The van der Waals surface area contributed by atoms with E-state index < -0.39 is 11.9 Å². The monoisotopic (exact) mass is 387 g/mol. The summed E-state index contributed by atoms with van der Waals surface area (Å²) in [5.74, 6) is -1.82. The second kappa shape index (κ2) is 8.31. The van der Waals surface area contributed by atoms with Gasteiger partial charge in [0, 0.05) is 24.3 Å². The van der Waals surface area contributed by atoms with Gasteiger partial charge in [0.05, 0.1) is 6.54 Å². The molecule has 1 saturated heterocycles. The zero-order valence-corrected chi connectivity index (χ0v) is 16.8. The summed E-state index contributed by atoms with van der Waals surface area (Å²) < 4.78 is 0. The first-order chi connectivity index (χ1) is 13.3. The Morgan fingerprint density at radius 2 is 1.86 bits per heavy atom. The summed E-state index contributed by atoms with van der Waals surface area (Å²) in [5.41, 5.74) is 3.05. The fourth-order valence-corrected chi connectivity index (χ4v) is 4.26. The number of hydrogen-bond acceptors (Lipinski definition) is 4. The molecule has 0 radical (unpaired) electrons. The fourth-order valence-electron chi connectivity index (χ4n) is 4.26. The number of nitrogens with one attached hydrogen (secondary N) is 1. The molecule has 1 aromatic carbocycles. The molecule has 7 nitrogen and oxygen atoms in total. The molecule has 7 heteroatoms. The lowest BCUT2D eigenvalue weighted by molar-refractivity contribution is -0.140. The van der Waals surface area contributed by atoms with E-state index in [1.807, 2.05) is 37.8 Å². The molecule has 1 atom stereocenters. The molecule has 2 N–H and O–H groups in total. The minimum atomic E-state index is -0.836. The minimum absolute atomic E-state index is 0.0170. The lowest BCUT2D eigenvalue weighted by atomic mass is 9.85. The van der Waals surface area contributed by atoms with Gasteiger partial charge in [-0.25, -0.2) is 0 Å². The smallest absolute Gasteiger partial charge is 0.317 e. The predicted molar refractivity (Wildman–Crippen MR) is 106 cm³/mol. The highest BCUT2D eigenvalue weighted by Crippen LogP contribution is 2.29. The van der Waals surface area contributed by atoms with Gasteiger partial charge < -0.3 is 15.3 Å². The number of carbonyl (C=O) groups is 3. The number of carboxylic acids is 1. The lowest BCUT2D eigenvalue weighted by Gasteiger charge is -2.42. The Morgan fingerprint density at radius 1 is 1.21 bits per heavy atom. The van der Waals surface area contributed by atoms with Crippen LogP contribution < -0.4 is 10.2 Å². The molecule has 2 amide bonds. The Morgan fingerprint density at radius 3 is 2.43 bits per heavy atom. The van der Waals surface area contributed by atoms with Crippen molar-refractivity contribution >= 4 is 23.5 Å². The van der Waals surface area contributed by atoms with E-state index in [-0.39, 0.29) is 30.4 Å². The number of aryl methyl sites for hydroxylation is 2. The minimum Gasteiger partial charge on any atom is -0.480 e. The average molecular weight is 387 g/mol. The summed E-state index contributed by atoms with van der Waals surface area (Å²) in [6, 6.07) is 6.21. The van der Waals surface area contributed by atoms with Crippen LogP contribution in [0.1, 0.15) is 37.3 Å². The molecule has 2 fully saturated rings. The Hall–Kier alpha value is -2.41. The second-order valence-corrected chi connectivity index (χ2v) is 7.96. The van der Waals surface area contributed by atoms with Crippen LogP contribution in [0.15, 0.2) is 18.2 Å². The number of hydrogen-bond donors (Lipinski definition) is 2. The van der Waals surface area contributed by atoms with E-state index in [0.29, 0.717) is 19.5 Å². The van der Waals surface area contributed by atoms with E-state index >= 15 is 0 Å². The maximum absolute atomic E-state index is 12.8. The van der Waals surface area contributed by atoms with E-state index in [1.54, 1.807) is 4.90 Å². The van der Waals surface area contributed by atoms with Crippen molar-refractivity contribution in [3.63, 3.8) is 0 Å². The number of nitrogens with zero attached hydrogens (tertiary/aromatic N) is 2. The summed E-state index contributed by atoms with van der Waals surface area (Å²) in [5, 5.41) is 12.0. The SMILES string of the molecule is CCN(CC(=O)O)C1CC(NC(=O)C2CCN(c3cc(C)cc(C)c3)C2=O)C1. The molecule has 1 saturated carbocycles. The molecular weight excluding hydrogens is 358 g/mol. The highest BCUT2D eigenvalue weighted by molar-refractivity contribution is 6.09. The first kappa shape index (κ1) is 20.3. The van der Waals surface area contributed by atoms with Crippen LogP contribution in [0.4, 0.5) is 5.69 Å². The van der Waals surface area contributed by atoms with Gasteiger partial charge in [-0.1, -0.05) is 13.0 Å². The van der Waals surface area contributed by atoms with E-state index in [1.165, 1.54) is 0 Å². The van der Waals surface area contributed by atoms with Crippen LogP contribution in [0.3, 0.4) is 0 Å². The maximum Gasteiger partial charge on any atom is 0.317 e. The lowest BCUT2D eigenvalue weighted by Crippen LogP contribution is -2.56. The number of carbonyl (C=O) groups excluding carboxylic acids is 2. The molecule has 1 aromatic rings. The molecule has 1 aliphatic carbocycles. The first-order valence-electron chi connectivity index (χ1n) is 9.94. The Kier molecular flexibility index (Phi) is 6.03. The number of anilines is 1. The molecule has 1 aliphatic heterocycles. The zero-order chi connectivity index (χ0) is 20.4. The van der Waals surface area contributed by atoms with Gasteiger partial charge in [0.25, 0.3) is 0 Å². The average Bonchev–Trinajstić information content (AvgIpc) is 2.96. The standard InChI is InChI=1S/C21H29N3O4/c1-4-23(12-19(25)26)16-10-15(11-16)22-20(27)18-5-6-24(21(18)28)17-8-13(2)7-14(3)9-17/h7-9,15-16,18H,4-6,10-12H2,1-3H3,(H,22,27)(H,25,26). The van der Waals surface area contributed by atoms with Crippen molar-refractivity contribution < 1.29 is 19.5 Å². The molecule has 1 heterocycles. The molecule has 2 aliphatic rings. The largest absolute Gasteiger partial charge is 0.480 e. The van der Waals surface area contributed by atoms with Gasteiger partial charge >= 0.3 is 5.97 Å². The highest BCUT2D eigenvalue weighted by atomic mass is 16.4. The van der Waals surface area contributed by atoms with Crippen molar-refractivity contribution in [2.24, 2.45) is 5.92 Å². The Bertz CT molecular complexity index is 753. The van der Waals surface area contributed by atoms with Gasteiger partial charge in [-0.2, -0.15) is 0 Å². The van der Waals surface area contributed by atoms with Gasteiger partial charge in [0.1, 0.15) is 5.92 Å². The molecule has 1 unspecified atom stereocenters. The number of aliphatic carboxylic acids is 1. The number of rotatable bonds is 7. The van der Waals surface area contributed by atoms with Gasteiger partial charge in [0.2, 0.25) is 11.8 Å². The zero-order valence-electron chi connectivity index (χ0n) is 16.8. The predicted octanol–water partition coefficient (Wildman–Crippen LogP) is 1.71. The maximum atomic E-state index is 12.8. The van der Waals surface area contributed by atoms with Crippen molar-refractivity contribution in [3.8, 4) is 0 Å². The number of amides is 2. The molecule has 152 valence electrons. The highest BCUT2D eigenvalue weighted by Gasteiger charge is 2.41. The summed E-state index contributed by atoms with van der Waals surface area (Å²) in [6.45, 7) is 7.18. The van der Waals surface area contributed by atoms with Gasteiger partial charge in [-0.3, -0.25) is 19.3 Å². The fraction of sp³-hybridized carbons (Fsp3) is 0.571. The van der Waals surface area contributed by atoms with Crippen molar-refractivity contribution in [2.45, 2.75) is 52.1 Å². The van der Waals surface area contributed by atoms with Crippen molar-refractivity contribution in [1.29, 1.82) is 0 Å². The van der Waals surface area contributed by atoms with Crippen LogP contribution in [0, 0.1) is 19.8 Å². The summed E-state index contributed by atoms with van der Waals surface area (Å²) >= 11 is 0. The van der Waals surface area contributed by atoms with E-state index in [0.717, 1.165) is 29.7 Å². The van der Waals surface area contributed by atoms with E-state index in [2.05, 4.69) is 11.4 Å². The number of carboxylic acid groups (broad SMARTS) is 1. The number of likely N-dealkylation sites (N-methyl/N-ethyl adjacent to an activating group) is 1. The number of benzene rings is 1. The Balaban J connectivity index is 1.54. The van der Waals surface area contributed by atoms with Crippen molar-refractivity contribution in [1.82, 2.24) is 10.2 Å². The quantitative estimate of drug-likeness (QED) is 0.695. The van der Waals surface area contributed by atoms with Crippen LogP contribution in [0.2, 0.25) is 0 Å². The van der Waals surface area contributed by atoms with Crippen LogP contribution in [0.5, 0.6) is 0 Å². The normalized spacial score (nSPS) is 24.4. The van der Waals surface area contributed by atoms with Crippen LogP contribution in [0.25, 0.3) is 0 Å². The Labute approximate surface area is 165 Å². The summed E-state index contributed by atoms with van der Waals surface area (Å²) in [4.78, 5) is 40.0. The van der Waals surface area contributed by atoms with Gasteiger partial charge in [-0.15, -0.1) is 0 Å². The topological polar surface area (TPSA) is 90.0 Å². The molecule has 0 aromatic heterocycles. The summed E-state index contributed by atoms with van der Waals surface area (Å²) in [7, 11) is 0. The second-order valence-electron chi connectivity index (χ2n) is 7.96. The van der Waals surface area contributed by atoms with Crippen LogP contribution >= 0.6 is 0 Å². The third-order valence-electron chi connectivity index (χ3n) is 5.76. The van der Waals surface area contributed by atoms with E-state index in [9.17, 15) is 14.4 Å². The molecule has 0 bridgehead atoms. The third-order valence-corrected chi connectivity index (χ3v) is 5.76. The van der Waals surface area contributed by atoms with Gasteiger partial charge in [0.15, 0.2) is 0 Å². The first-order valence-corrected chi connectivity index (χ1v) is 9.94. The molecule has 0 spiro atoms.